The van der Waals surface area contributed by atoms with Gasteiger partial charge in [-0.15, -0.1) is 0 Å². The number of hydrogen-bond acceptors (Lipinski definition) is 2. The molecule has 0 heterocycles. The van der Waals surface area contributed by atoms with E-state index in [1.54, 1.807) is 7.11 Å². The van der Waals surface area contributed by atoms with Gasteiger partial charge in [0.2, 0.25) is 0 Å². The number of alkyl halides is 1. The molecular formula is C10H23FO2. The number of ether oxygens (including phenoxy) is 2. The maximum atomic E-state index is 12.1. The molecule has 1 unspecified atom stereocenters. The minimum atomic E-state index is -1.18. The summed E-state index contributed by atoms with van der Waals surface area (Å²) in [6.45, 7) is 9.66. The third-order valence-corrected chi connectivity index (χ3v) is 1.60. The predicted molar refractivity (Wildman–Crippen MR) is 53.6 cm³/mol. The Bertz CT molecular complexity index is 103. The maximum absolute atomic E-state index is 12.1. The number of rotatable bonds is 5. The van der Waals surface area contributed by atoms with Crippen molar-refractivity contribution >= 4 is 0 Å². The van der Waals surface area contributed by atoms with Crippen molar-refractivity contribution in [3.63, 3.8) is 0 Å². The van der Waals surface area contributed by atoms with Gasteiger partial charge in [-0.05, 0) is 27.2 Å². The summed E-state index contributed by atoms with van der Waals surface area (Å²) >= 11 is 0. The van der Waals surface area contributed by atoms with Crippen molar-refractivity contribution in [1.29, 1.82) is 0 Å². The molecule has 0 radical (unpaired) electrons. The third kappa shape index (κ3) is 11.9. The molecule has 2 nitrogen and oxygen atoms in total. The van der Waals surface area contributed by atoms with E-state index >= 15 is 0 Å². The molecule has 3 heteroatoms. The normalized spacial score (nSPS) is 13.2. The Morgan fingerprint density at radius 3 is 2.08 bits per heavy atom. The standard InChI is InChI=1S/C8H17FO2.C2H6/c1-7(9)11-6-5-8(2,3)10-4;1-2/h7H,5-6H2,1-4H3;1-2H3. The van der Waals surface area contributed by atoms with Crippen molar-refractivity contribution < 1.29 is 13.9 Å². The predicted octanol–water partition coefficient (Wildman–Crippen LogP) is 3.16. The molecule has 0 aromatic heterocycles. The monoisotopic (exact) mass is 194 g/mol. The molecule has 0 spiro atoms. The minimum Gasteiger partial charge on any atom is -0.379 e. The van der Waals surface area contributed by atoms with Crippen LogP contribution in [0.2, 0.25) is 0 Å². The van der Waals surface area contributed by atoms with E-state index in [1.807, 2.05) is 27.7 Å². The van der Waals surface area contributed by atoms with Crippen molar-refractivity contribution in [2.45, 2.75) is 53.0 Å². The van der Waals surface area contributed by atoms with Gasteiger partial charge in [0.15, 0.2) is 6.36 Å². The molecule has 13 heavy (non-hydrogen) atoms. The first-order valence-corrected chi connectivity index (χ1v) is 4.79. The second kappa shape index (κ2) is 8.45. The Morgan fingerprint density at radius 2 is 1.77 bits per heavy atom. The summed E-state index contributed by atoms with van der Waals surface area (Å²) in [6.07, 6.45) is -0.472. The molecule has 0 saturated heterocycles. The summed E-state index contributed by atoms with van der Waals surface area (Å²) in [5.41, 5.74) is -0.213. The van der Waals surface area contributed by atoms with E-state index in [1.165, 1.54) is 6.92 Å². The van der Waals surface area contributed by atoms with Crippen molar-refractivity contribution in [2.75, 3.05) is 13.7 Å². The molecule has 0 aliphatic heterocycles. The first-order chi connectivity index (χ1) is 5.98. The Morgan fingerprint density at radius 1 is 1.31 bits per heavy atom. The lowest BCUT2D eigenvalue weighted by Gasteiger charge is -2.22. The molecule has 0 aliphatic carbocycles. The number of methoxy groups -OCH3 is 1. The van der Waals surface area contributed by atoms with E-state index in [2.05, 4.69) is 0 Å². The zero-order valence-corrected chi connectivity index (χ0v) is 9.69. The SMILES string of the molecule is CC.COC(C)(C)CCOC(C)F. The van der Waals surface area contributed by atoms with Gasteiger partial charge in [0.05, 0.1) is 12.2 Å². The van der Waals surface area contributed by atoms with Crippen molar-refractivity contribution in [3.05, 3.63) is 0 Å². The second-order valence-electron chi connectivity index (χ2n) is 3.13. The van der Waals surface area contributed by atoms with E-state index in [9.17, 15) is 4.39 Å². The molecule has 1 atom stereocenters. The highest BCUT2D eigenvalue weighted by Gasteiger charge is 2.15. The van der Waals surface area contributed by atoms with Gasteiger partial charge >= 0.3 is 0 Å². The van der Waals surface area contributed by atoms with Gasteiger partial charge in [-0.25, -0.2) is 4.39 Å². The average molecular weight is 194 g/mol. The Hall–Kier alpha value is -0.150. The highest BCUT2D eigenvalue weighted by Crippen LogP contribution is 2.12. The van der Waals surface area contributed by atoms with Gasteiger partial charge in [-0.1, -0.05) is 13.8 Å². The fourth-order valence-corrected chi connectivity index (χ4v) is 0.569. The van der Waals surface area contributed by atoms with Crippen LogP contribution < -0.4 is 0 Å². The van der Waals surface area contributed by atoms with Crippen LogP contribution in [0.3, 0.4) is 0 Å². The molecule has 0 N–H and O–H groups in total. The molecule has 0 amide bonds. The Balaban J connectivity index is 0. The van der Waals surface area contributed by atoms with Gasteiger partial charge in [-0.3, -0.25) is 0 Å². The van der Waals surface area contributed by atoms with Crippen LogP contribution in [0.1, 0.15) is 41.0 Å². The van der Waals surface area contributed by atoms with Crippen molar-refractivity contribution in [1.82, 2.24) is 0 Å². The van der Waals surface area contributed by atoms with E-state index in [-0.39, 0.29) is 5.60 Å². The van der Waals surface area contributed by atoms with Crippen LogP contribution in [0.25, 0.3) is 0 Å². The molecule has 0 fully saturated rings. The van der Waals surface area contributed by atoms with Crippen LogP contribution in [0.4, 0.5) is 4.39 Å². The molecular weight excluding hydrogens is 171 g/mol. The quantitative estimate of drug-likeness (QED) is 0.669. The molecule has 0 aromatic rings. The van der Waals surface area contributed by atoms with Gasteiger partial charge in [0.25, 0.3) is 0 Å². The first kappa shape index (κ1) is 15.3. The lowest BCUT2D eigenvalue weighted by atomic mass is 10.1. The topological polar surface area (TPSA) is 18.5 Å². The summed E-state index contributed by atoms with van der Waals surface area (Å²) in [7, 11) is 1.64. The third-order valence-electron chi connectivity index (χ3n) is 1.60. The molecule has 0 rings (SSSR count). The zero-order chi connectivity index (χ0) is 10.9. The van der Waals surface area contributed by atoms with Crippen molar-refractivity contribution in [2.24, 2.45) is 0 Å². The summed E-state index contributed by atoms with van der Waals surface area (Å²) in [5, 5.41) is 0. The average Bonchev–Trinajstić information content (AvgIpc) is 2.07. The van der Waals surface area contributed by atoms with Gasteiger partial charge in [-0.2, -0.15) is 0 Å². The molecule has 0 bridgehead atoms. The van der Waals surface area contributed by atoms with E-state index in [4.69, 9.17) is 9.47 Å². The van der Waals surface area contributed by atoms with Crippen LogP contribution in [-0.2, 0) is 9.47 Å². The van der Waals surface area contributed by atoms with Crippen LogP contribution >= 0.6 is 0 Å². The largest absolute Gasteiger partial charge is 0.379 e. The number of hydrogen-bond donors (Lipinski definition) is 0. The smallest absolute Gasteiger partial charge is 0.195 e. The van der Waals surface area contributed by atoms with Crippen LogP contribution in [0, 0.1) is 0 Å². The lowest BCUT2D eigenvalue weighted by Crippen LogP contribution is -2.25. The summed E-state index contributed by atoms with van der Waals surface area (Å²) < 4.78 is 22.0. The lowest BCUT2D eigenvalue weighted by molar-refractivity contribution is -0.0599. The maximum Gasteiger partial charge on any atom is 0.195 e. The van der Waals surface area contributed by atoms with Gasteiger partial charge < -0.3 is 9.47 Å². The highest BCUT2D eigenvalue weighted by atomic mass is 19.1. The van der Waals surface area contributed by atoms with Crippen LogP contribution in [-0.4, -0.2) is 25.7 Å². The summed E-state index contributed by atoms with van der Waals surface area (Å²) in [5.74, 6) is 0. The van der Waals surface area contributed by atoms with Crippen molar-refractivity contribution in [3.8, 4) is 0 Å². The highest BCUT2D eigenvalue weighted by molar-refractivity contribution is 4.66. The van der Waals surface area contributed by atoms with Gasteiger partial charge in [0, 0.05) is 7.11 Å². The molecule has 82 valence electrons. The van der Waals surface area contributed by atoms with Crippen LogP contribution in [0.15, 0.2) is 0 Å². The first-order valence-electron chi connectivity index (χ1n) is 4.79. The molecule has 0 aromatic carbocycles. The second-order valence-corrected chi connectivity index (χ2v) is 3.13. The molecule has 0 aliphatic rings. The summed E-state index contributed by atoms with van der Waals surface area (Å²) in [6, 6.07) is 0. The van der Waals surface area contributed by atoms with Crippen LogP contribution in [0.5, 0.6) is 0 Å². The Kier molecular flexibility index (Phi) is 9.96. The fourth-order valence-electron chi connectivity index (χ4n) is 0.569. The number of halogens is 1. The van der Waals surface area contributed by atoms with E-state index in [0.717, 1.165) is 0 Å². The molecule has 0 saturated carbocycles. The van der Waals surface area contributed by atoms with E-state index < -0.39 is 6.36 Å². The Labute approximate surface area is 81.4 Å². The summed E-state index contributed by atoms with van der Waals surface area (Å²) in [4.78, 5) is 0. The zero-order valence-electron chi connectivity index (χ0n) is 9.69. The van der Waals surface area contributed by atoms with E-state index in [0.29, 0.717) is 13.0 Å². The minimum absolute atomic E-state index is 0.213. The van der Waals surface area contributed by atoms with Gasteiger partial charge in [0.1, 0.15) is 0 Å². The fraction of sp³-hybridized carbons (Fsp3) is 1.00.